The number of rotatable bonds is 1. The Kier molecular flexibility index (Phi) is 2.45. The predicted molar refractivity (Wildman–Crippen MR) is 58.0 cm³/mol. The standard InChI is InChI=1S/C11H11BN2/c12-10-3-4-11(9(7-10)8-13)14-5-1-2-6-14/h3-4,7H,1-2,5-6H2. The van der Waals surface area contributed by atoms with Crippen LogP contribution in [0, 0.1) is 11.3 Å². The number of nitrogens with zero attached hydrogens (tertiary/aromatic N) is 2. The molecule has 0 unspecified atom stereocenters. The summed E-state index contributed by atoms with van der Waals surface area (Å²) in [4.78, 5) is 2.25. The van der Waals surface area contributed by atoms with Gasteiger partial charge in [-0.05, 0) is 25.0 Å². The van der Waals surface area contributed by atoms with Crippen molar-refractivity contribution in [2.45, 2.75) is 12.8 Å². The molecule has 14 heavy (non-hydrogen) atoms. The predicted octanol–water partition coefficient (Wildman–Crippen LogP) is 0.952. The van der Waals surface area contributed by atoms with Gasteiger partial charge in [0, 0.05) is 13.1 Å². The first-order valence-corrected chi connectivity index (χ1v) is 4.86. The van der Waals surface area contributed by atoms with Gasteiger partial charge in [0.25, 0.3) is 0 Å². The molecule has 0 saturated carbocycles. The molecule has 3 heteroatoms. The van der Waals surface area contributed by atoms with E-state index < -0.39 is 0 Å². The molecule has 1 aromatic carbocycles. The van der Waals surface area contributed by atoms with Gasteiger partial charge in [-0.25, -0.2) is 0 Å². The van der Waals surface area contributed by atoms with Crippen LogP contribution in [0.1, 0.15) is 18.4 Å². The molecule has 0 amide bonds. The number of hydrogen-bond acceptors (Lipinski definition) is 2. The van der Waals surface area contributed by atoms with Crippen LogP contribution in [0.3, 0.4) is 0 Å². The molecule has 1 aromatic rings. The highest BCUT2D eigenvalue weighted by Gasteiger charge is 2.15. The first-order chi connectivity index (χ1) is 6.81. The normalized spacial score (nSPS) is 15.5. The molecule has 0 aliphatic carbocycles. The monoisotopic (exact) mass is 182 g/mol. The van der Waals surface area contributed by atoms with Gasteiger partial charge >= 0.3 is 0 Å². The van der Waals surface area contributed by atoms with Gasteiger partial charge in [0.1, 0.15) is 13.9 Å². The zero-order valence-electron chi connectivity index (χ0n) is 8.03. The molecule has 1 heterocycles. The summed E-state index contributed by atoms with van der Waals surface area (Å²) in [7, 11) is 5.63. The first-order valence-electron chi connectivity index (χ1n) is 4.86. The Bertz CT molecular complexity index is 375. The van der Waals surface area contributed by atoms with Crippen molar-refractivity contribution in [2.75, 3.05) is 18.0 Å². The minimum absolute atomic E-state index is 0.657. The fourth-order valence-corrected chi connectivity index (χ4v) is 1.88. The van der Waals surface area contributed by atoms with Crippen LogP contribution in [-0.2, 0) is 0 Å². The summed E-state index contributed by atoms with van der Waals surface area (Å²) in [5, 5.41) is 8.97. The Morgan fingerprint density at radius 3 is 2.64 bits per heavy atom. The fraction of sp³-hybridized carbons (Fsp3) is 0.364. The lowest BCUT2D eigenvalue weighted by Gasteiger charge is -2.19. The number of hydrogen-bond donors (Lipinski definition) is 0. The maximum atomic E-state index is 8.97. The van der Waals surface area contributed by atoms with E-state index in [4.69, 9.17) is 13.1 Å². The third kappa shape index (κ3) is 1.61. The second-order valence-electron chi connectivity index (χ2n) is 3.58. The highest BCUT2D eigenvalue weighted by molar-refractivity contribution is 6.32. The second kappa shape index (κ2) is 3.75. The van der Waals surface area contributed by atoms with E-state index in [1.807, 2.05) is 12.1 Å². The molecule has 0 bridgehead atoms. The van der Waals surface area contributed by atoms with E-state index in [9.17, 15) is 0 Å². The number of anilines is 1. The Hall–Kier alpha value is -1.43. The van der Waals surface area contributed by atoms with Crippen molar-refractivity contribution in [1.29, 1.82) is 5.26 Å². The molecule has 68 valence electrons. The zero-order chi connectivity index (χ0) is 9.97. The van der Waals surface area contributed by atoms with Crippen molar-refractivity contribution in [3.05, 3.63) is 23.8 Å². The van der Waals surface area contributed by atoms with Crippen LogP contribution in [0.25, 0.3) is 0 Å². The van der Waals surface area contributed by atoms with Gasteiger partial charge in [-0.3, -0.25) is 0 Å². The van der Waals surface area contributed by atoms with Crippen LogP contribution in [0.2, 0.25) is 0 Å². The van der Waals surface area contributed by atoms with Crippen LogP contribution in [0.5, 0.6) is 0 Å². The number of benzene rings is 1. The van der Waals surface area contributed by atoms with Crippen LogP contribution in [0.15, 0.2) is 18.2 Å². The van der Waals surface area contributed by atoms with Crippen molar-refractivity contribution in [2.24, 2.45) is 0 Å². The average molecular weight is 182 g/mol. The van der Waals surface area contributed by atoms with Gasteiger partial charge < -0.3 is 4.90 Å². The minimum Gasteiger partial charge on any atom is -0.370 e. The van der Waals surface area contributed by atoms with E-state index in [0.29, 0.717) is 11.0 Å². The topological polar surface area (TPSA) is 27.0 Å². The summed E-state index contributed by atoms with van der Waals surface area (Å²) < 4.78 is 0. The van der Waals surface area contributed by atoms with Crippen LogP contribution >= 0.6 is 0 Å². The Labute approximate surface area is 85.6 Å². The van der Waals surface area contributed by atoms with Gasteiger partial charge in [-0.1, -0.05) is 11.5 Å². The Morgan fingerprint density at radius 2 is 2.00 bits per heavy atom. The lowest BCUT2D eigenvalue weighted by atomic mass is 9.94. The van der Waals surface area contributed by atoms with Gasteiger partial charge in [0.15, 0.2) is 0 Å². The molecule has 2 nitrogen and oxygen atoms in total. The molecule has 1 fully saturated rings. The molecule has 0 N–H and O–H groups in total. The van der Waals surface area contributed by atoms with Crippen LogP contribution < -0.4 is 10.4 Å². The Morgan fingerprint density at radius 1 is 1.29 bits per heavy atom. The molecular weight excluding hydrogens is 171 g/mol. The molecule has 1 aliphatic rings. The average Bonchev–Trinajstić information content (AvgIpc) is 2.70. The van der Waals surface area contributed by atoms with Gasteiger partial charge in [0.2, 0.25) is 0 Å². The highest BCUT2D eigenvalue weighted by Crippen LogP contribution is 2.22. The molecule has 0 atom stereocenters. The van der Waals surface area contributed by atoms with Crippen molar-refractivity contribution >= 4 is 19.0 Å². The van der Waals surface area contributed by atoms with E-state index in [-0.39, 0.29) is 0 Å². The third-order valence-corrected chi connectivity index (χ3v) is 2.59. The van der Waals surface area contributed by atoms with Crippen molar-refractivity contribution < 1.29 is 0 Å². The molecule has 2 radical (unpaired) electrons. The quantitative estimate of drug-likeness (QED) is 0.604. The maximum absolute atomic E-state index is 8.97. The second-order valence-corrected chi connectivity index (χ2v) is 3.58. The molecular formula is C11H11BN2. The summed E-state index contributed by atoms with van der Waals surface area (Å²) in [5.74, 6) is 0. The molecule has 2 rings (SSSR count). The minimum atomic E-state index is 0.657. The summed E-state index contributed by atoms with van der Waals surface area (Å²) in [5.41, 5.74) is 2.37. The van der Waals surface area contributed by atoms with E-state index in [2.05, 4.69) is 11.0 Å². The van der Waals surface area contributed by atoms with Crippen molar-refractivity contribution in [3.8, 4) is 6.07 Å². The zero-order valence-corrected chi connectivity index (χ0v) is 8.03. The Balaban J connectivity index is 2.37. The smallest absolute Gasteiger partial charge is 0.113 e. The van der Waals surface area contributed by atoms with Crippen LogP contribution in [-0.4, -0.2) is 20.9 Å². The first kappa shape index (κ1) is 9.14. The lowest BCUT2D eigenvalue weighted by molar-refractivity contribution is 0.949. The maximum Gasteiger partial charge on any atom is 0.113 e. The third-order valence-electron chi connectivity index (χ3n) is 2.59. The highest BCUT2D eigenvalue weighted by atomic mass is 15.1. The van der Waals surface area contributed by atoms with Crippen molar-refractivity contribution in [1.82, 2.24) is 0 Å². The summed E-state index contributed by atoms with van der Waals surface area (Å²) >= 11 is 0. The lowest BCUT2D eigenvalue weighted by Crippen LogP contribution is -2.19. The van der Waals surface area contributed by atoms with Gasteiger partial charge in [-0.15, -0.1) is 0 Å². The van der Waals surface area contributed by atoms with Gasteiger partial charge in [0.05, 0.1) is 11.3 Å². The molecule has 0 aromatic heterocycles. The van der Waals surface area contributed by atoms with E-state index >= 15 is 0 Å². The van der Waals surface area contributed by atoms with E-state index in [1.165, 1.54) is 12.8 Å². The van der Waals surface area contributed by atoms with Crippen molar-refractivity contribution in [3.63, 3.8) is 0 Å². The SMILES string of the molecule is [B]c1ccc(N2CCCC2)c(C#N)c1. The summed E-state index contributed by atoms with van der Waals surface area (Å²) in [6.45, 7) is 2.11. The molecule has 1 saturated heterocycles. The largest absolute Gasteiger partial charge is 0.370 e. The van der Waals surface area contributed by atoms with E-state index in [0.717, 1.165) is 18.8 Å². The molecule has 0 spiro atoms. The van der Waals surface area contributed by atoms with E-state index in [1.54, 1.807) is 6.07 Å². The fourth-order valence-electron chi connectivity index (χ4n) is 1.88. The van der Waals surface area contributed by atoms with Gasteiger partial charge in [-0.2, -0.15) is 5.26 Å². The number of nitriles is 1. The molecule has 1 aliphatic heterocycles. The van der Waals surface area contributed by atoms with Crippen LogP contribution in [0.4, 0.5) is 5.69 Å². The summed E-state index contributed by atoms with van der Waals surface area (Å²) in [6.07, 6.45) is 2.44. The summed E-state index contributed by atoms with van der Waals surface area (Å²) in [6, 6.07) is 7.73.